The van der Waals surface area contributed by atoms with Gasteiger partial charge in [0.05, 0.1) is 50.2 Å². The van der Waals surface area contributed by atoms with Gasteiger partial charge in [0.1, 0.15) is 17.7 Å². The maximum atomic E-state index is 14.4. The van der Waals surface area contributed by atoms with Crippen LogP contribution in [0, 0.1) is 12.3 Å². The first-order valence-electron chi connectivity index (χ1n) is 25.1. The third kappa shape index (κ3) is 10.2. The van der Waals surface area contributed by atoms with Gasteiger partial charge in [0.2, 0.25) is 17.6 Å². The average Bonchev–Trinajstić information content (AvgIpc) is 4.13. The number of likely N-dealkylation sites (tertiary alicyclic amines) is 2. The number of imidazole rings is 1. The normalized spacial score (nSPS) is 19.6. The number of nitrogens with one attached hydrogen (secondary N) is 2. The molecule has 2 saturated heterocycles. The third-order valence-corrected chi connectivity index (χ3v) is 15.6. The summed E-state index contributed by atoms with van der Waals surface area (Å²) < 4.78 is 9.96. The molecule has 3 fully saturated rings. The van der Waals surface area contributed by atoms with E-state index in [4.69, 9.17) is 10.5 Å². The number of alkyl carbamates (subject to hydrolysis) is 1. The van der Waals surface area contributed by atoms with E-state index in [0.29, 0.717) is 29.2 Å². The number of benzene rings is 3. The van der Waals surface area contributed by atoms with E-state index in [1.165, 1.54) is 10.5 Å². The zero-order valence-corrected chi connectivity index (χ0v) is 42.5. The fourth-order valence-corrected chi connectivity index (χ4v) is 11.9. The lowest BCUT2D eigenvalue weighted by molar-refractivity contribution is -0.142. The number of hydrogen-bond acceptors (Lipinski definition) is 11. The topological polar surface area (TPSA) is 189 Å². The molecule has 372 valence electrons. The number of nitrogen functional groups attached to an aromatic ring is 1. The molecule has 5 heterocycles. The lowest BCUT2D eigenvalue weighted by atomic mass is 9.85. The number of aryl methyl sites for hydroxylation is 1. The zero-order valence-electron chi connectivity index (χ0n) is 41.7. The van der Waals surface area contributed by atoms with Gasteiger partial charge in [-0.15, -0.1) is 11.3 Å². The molecule has 4 atom stereocenters. The van der Waals surface area contributed by atoms with Crippen LogP contribution in [0.4, 0.5) is 10.5 Å². The number of carbonyl (C=O) groups excluding carboxylic acids is 3. The van der Waals surface area contributed by atoms with Gasteiger partial charge < -0.3 is 40.6 Å². The van der Waals surface area contributed by atoms with Gasteiger partial charge in [-0.3, -0.25) is 18.8 Å². The van der Waals surface area contributed by atoms with Gasteiger partial charge in [-0.25, -0.2) is 9.78 Å². The summed E-state index contributed by atoms with van der Waals surface area (Å²) in [4.78, 5) is 69.3. The number of aromatic nitrogens is 4. The molecule has 3 aromatic carbocycles. The van der Waals surface area contributed by atoms with Crippen molar-refractivity contribution in [1.29, 1.82) is 0 Å². The van der Waals surface area contributed by atoms with Crippen molar-refractivity contribution in [2.75, 3.05) is 31.9 Å². The summed E-state index contributed by atoms with van der Waals surface area (Å²) in [6.07, 6.45) is 6.41. The molecule has 6 aromatic rings. The molecule has 3 aromatic heterocycles. The number of carbonyl (C=O) groups is 3. The lowest BCUT2D eigenvalue weighted by Gasteiger charge is -2.36. The molecule has 70 heavy (non-hydrogen) atoms. The number of hydrogen-bond donors (Lipinski definition) is 4. The van der Waals surface area contributed by atoms with Crippen LogP contribution in [-0.2, 0) is 14.3 Å². The summed E-state index contributed by atoms with van der Waals surface area (Å²) in [6.45, 7) is 15.5. The van der Waals surface area contributed by atoms with E-state index in [2.05, 4.69) is 76.9 Å². The molecule has 0 unspecified atom stereocenters. The third-order valence-electron chi connectivity index (χ3n) is 14.6. The fourth-order valence-electron chi connectivity index (χ4n) is 11.1. The first-order chi connectivity index (χ1) is 33.3. The minimum absolute atomic E-state index is 0.0217. The lowest BCUT2D eigenvalue weighted by Crippen LogP contribution is -2.58. The van der Waals surface area contributed by atoms with E-state index in [9.17, 15) is 24.3 Å². The molecule has 16 heteroatoms. The van der Waals surface area contributed by atoms with Gasteiger partial charge in [0.25, 0.3) is 5.56 Å². The number of piperidine rings is 1. The molecule has 0 bridgehead atoms. The maximum Gasteiger partial charge on any atom is 0.408 e. The molecule has 9 rings (SSSR count). The van der Waals surface area contributed by atoms with Gasteiger partial charge in [0, 0.05) is 24.7 Å². The number of β-amino-alcohol motifs (C(OH)–C–C–N with tert-alkyl or cyclic N) is 1. The van der Waals surface area contributed by atoms with Crippen LogP contribution in [0.5, 0.6) is 0 Å². The molecular formula is C54H69N9O6S. The molecule has 0 spiro atoms. The van der Waals surface area contributed by atoms with Gasteiger partial charge in [-0.2, -0.15) is 4.98 Å². The summed E-state index contributed by atoms with van der Waals surface area (Å²) in [6, 6.07) is 18.7. The number of aliphatic hydroxyl groups excluding tert-OH is 1. The van der Waals surface area contributed by atoms with Crippen molar-refractivity contribution < 1.29 is 24.2 Å². The Morgan fingerprint density at radius 2 is 1.66 bits per heavy atom. The minimum atomic E-state index is -0.998. The highest BCUT2D eigenvalue weighted by atomic mass is 32.1. The Hall–Kier alpha value is -5.84. The maximum absolute atomic E-state index is 14.4. The van der Waals surface area contributed by atoms with Crippen molar-refractivity contribution in [3.05, 3.63) is 93.3 Å². The van der Waals surface area contributed by atoms with Crippen molar-refractivity contribution >= 4 is 62.6 Å². The van der Waals surface area contributed by atoms with Crippen LogP contribution < -0.4 is 21.9 Å². The molecular weight excluding hydrogens is 903 g/mol. The summed E-state index contributed by atoms with van der Waals surface area (Å²) >= 11 is 1.59. The molecule has 2 aliphatic heterocycles. The zero-order chi connectivity index (χ0) is 49.6. The number of amides is 3. The highest BCUT2D eigenvalue weighted by Gasteiger charge is 2.45. The Kier molecular flexibility index (Phi) is 13.9. The second-order valence-corrected chi connectivity index (χ2v) is 22.8. The molecule has 1 saturated carbocycles. The van der Waals surface area contributed by atoms with Crippen molar-refractivity contribution in [3.8, 4) is 10.4 Å². The summed E-state index contributed by atoms with van der Waals surface area (Å²) in [5, 5.41) is 17.5. The van der Waals surface area contributed by atoms with E-state index in [-0.39, 0.29) is 36.5 Å². The second kappa shape index (κ2) is 19.7. The predicted molar refractivity (Wildman–Crippen MR) is 276 cm³/mol. The number of thiazole rings is 1. The molecule has 15 nitrogen and oxygen atoms in total. The van der Waals surface area contributed by atoms with E-state index < -0.39 is 41.2 Å². The smallest absolute Gasteiger partial charge is 0.408 e. The van der Waals surface area contributed by atoms with Gasteiger partial charge in [0.15, 0.2) is 0 Å². The van der Waals surface area contributed by atoms with Gasteiger partial charge in [-0.1, -0.05) is 70.0 Å². The minimum Gasteiger partial charge on any atom is -0.444 e. The van der Waals surface area contributed by atoms with Crippen LogP contribution in [-0.4, -0.2) is 102 Å². The van der Waals surface area contributed by atoms with Gasteiger partial charge in [-0.05, 0) is 138 Å². The number of aliphatic hydroxyl groups is 1. The summed E-state index contributed by atoms with van der Waals surface area (Å²) in [7, 11) is 0. The van der Waals surface area contributed by atoms with Crippen LogP contribution in [0.25, 0.3) is 38.2 Å². The number of nitrogens with zero attached hydrogens (tertiary/aromatic N) is 6. The van der Waals surface area contributed by atoms with E-state index >= 15 is 0 Å². The Labute approximate surface area is 413 Å². The van der Waals surface area contributed by atoms with Crippen molar-refractivity contribution in [1.82, 2.24) is 39.4 Å². The molecule has 3 aliphatic rings. The Morgan fingerprint density at radius 1 is 0.929 bits per heavy atom. The number of rotatable bonds is 12. The van der Waals surface area contributed by atoms with E-state index in [1.54, 1.807) is 38.2 Å². The largest absolute Gasteiger partial charge is 0.444 e. The van der Waals surface area contributed by atoms with Crippen molar-refractivity contribution in [2.24, 2.45) is 5.41 Å². The number of fused-ring (bicyclic) bond motifs is 5. The summed E-state index contributed by atoms with van der Waals surface area (Å²) in [5.74, 6) is 0.287. The summed E-state index contributed by atoms with van der Waals surface area (Å²) in [5.41, 5.74) is 14.1. The Balaban J connectivity index is 0.899. The Bertz CT molecular complexity index is 2950. The predicted octanol–water partition coefficient (Wildman–Crippen LogP) is 8.65. The standard InChI is InChI=1S/C54H69N9O6S/c1-32-46(70-31-56-32)35-19-17-34(18-20-35)40(57-48(65)44-29-38(64)30-61(44)50(67)47(53(2,3)4)58-52(68)69-54(5,6)7)15-11-25-60-26-23-33(24-27-60)36-21-22-41-43(28-36)62(37-12-8-9-13-37)51-59-49(66)45-39(55)14-10-16-42(45)63(41)51/h10,14,16-22,28,31,33,37-38,40,44,47,64H,8-9,11-13,15,23-27,29-30,55H2,1-7H3,(H,57,65)(H,58,68)/t38-,40+,44+,47-/m1/s1. The van der Waals surface area contributed by atoms with Crippen LogP contribution in [0.3, 0.4) is 0 Å². The SMILES string of the molecule is Cc1ncsc1-c1ccc([C@H](CCCN2CCC(c3ccc4c(c3)n(C3CCCC3)c3nc(=O)c5c(N)cccc5n43)CC2)NC(=O)[C@@H]2C[C@@H](O)CN2C(=O)[C@@H](NC(=O)OC(C)(C)C)C(C)(C)C)cc1. The van der Waals surface area contributed by atoms with Crippen LogP contribution in [0.2, 0.25) is 0 Å². The van der Waals surface area contributed by atoms with Crippen molar-refractivity contribution in [2.45, 2.75) is 148 Å². The van der Waals surface area contributed by atoms with E-state index in [1.807, 2.05) is 45.3 Å². The number of nitrogens with two attached hydrogens (primary N) is 1. The number of anilines is 1. The highest BCUT2D eigenvalue weighted by molar-refractivity contribution is 7.13. The quantitative estimate of drug-likeness (QED) is 0.0864. The van der Waals surface area contributed by atoms with Crippen LogP contribution in [0.15, 0.2) is 71.0 Å². The first-order valence-corrected chi connectivity index (χ1v) is 26.0. The number of ether oxygens (including phenoxy) is 1. The van der Waals surface area contributed by atoms with E-state index in [0.717, 1.165) is 103 Å². The Morgan fingerprint density at radius 3 is 2.33 bits per heavy atom. The molecule has 1 aliphatic carbocycles. The first kappa shape index (κ1) is 49.2. The second-order valence-electron chi connectivity index (χ2n) is 21.9. The van der Waals surface area contributed by atoms with Crippen molar-refractivity contribution in [3.63, 3.8) is 0 Å². The van der Waals surface area contributed by atoms with Crippen LogP contribution >= 0.6 is 11.3 Å². The van der Waals surface area contributed by atoms with Gasteiger partial charge >= 0.3 is 6.09 Å². The van der Waals surface area contributed by atoms with Crippen LogP contribution in [0.1, 0.15) is 134 Å². The average molecular weight is 972 g/mol. The molecule has 0 radical (unpaired) electrons. The molecule has 5 N–H and O–H groups in total. The highest BCUT2D eigenvalue weighted by Crippen LogP contribution is 2.39. The fraction of sp³-hybridized carbons (Fsp3) is 0.519. The molecule has 3 amide bonds. The monoisotopic (exact) mass is 972 g/mol.